The van der Waals surface area contributed by atoms with Crippen LogP contribution in [0, 0.1) is 5.41 Å². The van der Waals surface area contributed by atoms with E-state index in [2.05, 4.69) is 15.6 Å². The number of hydrogen-bond acceptors (Lipinski definition) is 6. The Morgan fingerprint density at radius 3 is 2.30 bits per heavy atom. The second-order valence-electron chi connectivity index (χ2n) is 8.52. The first-order valence-electron chi connectivity index (χ1n) is 10.7. The Hall–Kier alpha value is -3.16. The number of benzene rings is 2. The topological polar surface area (TPSA) is 117 Å². The van der Waals surface area contributed by atoms with Gasteiger partial charge >= 0.3 is 21.6 Å². The van der Waals surface area contributed by atoms with Crippen LogP contribution in [-0.2, 0) is 21.2 Å². The SMILES string of the molecule is CC(C)(CCc1ncc(-c2ccc(NC(=O)Nc3ccccc3Cl)cc2)s1)C(=O)NS(=O)(=O)C(F)(F)F. The fourth-order valence-electron chi connectivity index (χ4n) is 2.98. The molecule has 3 N–H and O–H groups in total. The molecule has 0 unspecified atom stereocenters. The van der Waals surface area contributed by atoms with E-state index in [1.54, 1.807) is 54.7 Å². The summed E-state index contributed by atoms with van der Waals surface area (Å²) in [7, 11) is -5.77. The number of aryl methyl sites for hydroxylation is 1. The van der Waals surface area contributed by atoms with Gasteiger partial charge < -0.3 is 10.6 Å². The predicted molar refractivity (Wildman–Crippen MR) is 137 cm³/mol. The number of anilines is 2. The van der Waals surface area contributed by atoms with E-state index in [1.165, 1.54) is 25.2 Å². The van der Waals surface area contributed by atoms with Gasteiger partial charge in [-0.25, -0.2) is 14.5 Å². The number of carbonyl (C=O) groups excluding carboxylic acids is 2. The van der Waals surface area contributed by atoms with E-state index in [1.807, 2.05) is 0 Å². The molecule has 0 aliphatic rings. The van der Waals surface area contributed by atoms with Crippen molar-refractivity contribution in [1.29, 1.82) is 0 Å². The number of halogens is 4. The van der Waals surface area contributed by atoms with E-state index in [4.69, 9.17) is 11.6 Å². The summed E-state index contributed by atoms with van der Waals surface area (Å²) in [4.78, 5) is 29.5. The zero-order valence-electron chi connectivity index (χ0n) is 19.5. The highest BCUT2D eigenvalue weighted by Crippen LogP contribution is 2.31. The number of alkyl halides is 3. The maximum atomic E-state index is 12.5. The molecule has 0 radical (unpaired) electrons. The molecule has 0 bridgehead atoms. The second-order valence-corrected chi connectivity index (χ2v) is 11.7. The standard InChI is InChI=1S/C23H22ClF3N4O4S2/c1-22(2,20(32)31-37(34,35)23(25,26)27)12-11-19-28-13-18(36-19)14-7-9-15(10-8-14)29-21(33)30-17-6-4-3-5-16(17)24/h3-10,13H,11-12H2,1-2H3,(H,31,32)(H2,29,30,33). The molecule has 0 aliphatic heterocycles. The fourth-order valence-corrected chi connectivity index (χ4v) is 4.72. The number of nitrogens with one attached hydrogen (secondary N) is 3. The van der Waals surface area contributed by atoms with Gasteiger partial charge in [0.15, 0.2) is 0 Å². The highest BCUT2D eigenvalue weighted by Gasteiger charge is 2.48. The maximum absolute atomic E-state index is 12.5. The molecule has 1 aromatic heterocycles. The number of urea groups is 1. The van der Waals surface area contributed by atoms with Crippen LogP contribution in [0.3, 0.4) is 0 Å². The van der Waals surface area contributed by atoms with Crippen LogP contribution in [0.1, 0.15) is 25.3 Å². The van der Waals surface area contributed by atoms with Crippen molar-refractivity contribution in [2.75, 3.05) is 10.6 Å². The van der Waals surface area contributed by atoms with E-state index in [9.17, 15) is 31.2 Å². The number of rotatable bonds is 8. The van der Waals surface area contributed by atoms with Crippen molar-refractivity contribution in [3.8, 4) is 10.4 Å². The minimum Gasteiger partial charge on any atom is -0.308 e. The Morgan fingerprint density at radius 2 is 1.68 bits per heavy atom. The molecule has 198 valence electrons. The summed E-state index contributed by atoms with van der Waals surface area (Å²) in [5.74, 6) is -1.25. The number of para-hydroxylation sites is 1. The van der Waals surface area contributed by atoms with E-state index in [0.29, 0.717) is 21.4 Å². The third-order valence-electron chi connectivity index (χ3n) is 5.21. The van der Waals surface area contributed by atoms with Gasteiger partial charge in [-0.2, -0.15) is 21.6 Å². The third kappa shape index (κ3) is 7.43. The Kier molecular flexibility index (Phi) is 8.50. The van der Waals surface area contributed by atoms with Gasteiger partial charge in [0.25, 0.3) is 0 Å². The van der Waals surface area contributed by atoms with Gasteiger partial charge in [0, 0.05) is 23.7 Å². The predicted octanol–water partition coefficient (Wildman–Crippen LogP) is 6.03. The Labute approximate surface area is 220 Å². The van der Waals surface area contributed by atoms with Crippen molar-refractivity contribution in [2.24, 2.45) is 5.41 Å². The zero-order chi connectivity index (χ0) is 27.4. The largest absolute Gasteiger partial charge is 0.516 e. The molecule has 8 nitrogen and oxygen atoms in total. The lowest BCUT2D eigenvalue weighted by atomic mass is 9.87. The van der Waals surface area contributed by atoms with Gasteiger partial charge in [-0.15, -0.1) is 11.3 Å². The zero-order valence-corrected chi connectivity index (χ0v) is 21.9. The van der Waals surface area contributed by atoms with Crippen molar-refractivity contribution in [2.45, 2.75) is 32.2 Å². The van der Waals surface area contributed by atoms with Crippen molar-refractivity contribution in [3.63, 3.8) is 0 Å². The monoisotopic (exact) mass is 574 g/mol. The third-order valence-corrected chi connectivity index (χ3v) is 7.71. The molecule has 0 atom stereocenters. The fraction of sp³-hybridized carbons (Fsp3) is 0.261. The van der Waals surface area contributed by atoms with Crippen LogP contribution >= 0.6 is 22.9 Å². The van der Waals surface area contributed by atoms with Gasteiger partial charge in [-0.1, -0.05) is 49.7 Å². The minimum absolute atomic E-state index is 0.0720. The van der Waals surface area contributed by atoms with E-state index in [-0.39, 0.29) is 12.8 Å². The van der Waals surface area contributed by atoms with Crippen LogP contribution in [0.2, 0.25) is 5.02 Å². The smallest absolute Gasteiger partial charge is 0.308 e. The number of sulfonamides is 1. The van der Waals surface area contributed by atoms with Crippen molar-refractivity contribution < 1.29 is 31.2 Å². The molecular formula is C23H22ClF3N4O4S2. The number of hydrogen-bond donors (Lipinski definition) is 3. The first-order valence-corrected chi connectivity index (χ1v) is 13.4. The van der Waals surface area contributed by atoms with Gasteiger partial charge in [-0.05, 0) is 36.2 Å². The van der Waals surface area contributed by atoms with E-state index in [0.717, 1.165) is 15.2 Å². The highest BCUT2D eigenvalue weighted by atomic mass is 35.5. The Bertz CT molecular complexity index is 1390. The van der Waals surface area contributed by atoms with Crippen LogP contribution in [-0.4, -0.2) is 30.8 Å². The molecule has 2 aromatic carbocycles. The normalized spacial score (nSPS) is 12.2. The highest BCUT2D eigenvalue weighted by molar-refractivity contribution is 7.90. The summed E-state index contributed by atoms with van der Waals surface area (Å²) in [5, 5.41) is 6.39. The molecule has 0 saturated heterocycles. The number of nitrogens with zero attached hydrogens (tertiary/aromatic N) is 1. The summed E-state index contributed by atoms with van der Waals surface area (Å²) in [6, 6.07) is 13.3. The number of thiazole rings is 1. The van der Waals surface area contributed by atoms with Gasteiger partial charge in [0.05, 0.1) is 20.6 Å². The molecule has 0 spiro atoms. The number of aromatic nitrogens is 1. The molecular weight excluding hydrogens is 553 g/mol. The van der Waals surface area contributed by atoms with Gasteiger partial charge in [-0.3, -0.25) is 4.79 Å². The average Bonchev–Trinajstić information content (AvgIpc) is 3.28. The van der Waals surface area contributed by atoms with Gasteiger partial charge in [0.1, 0.15) is 0 Å². The lowest BCUT2D eigenvalue weighted by molar-refractivity contribution is -0.128. The summed E-state index contributed by atoms with van der Waals surface area (Å²) in [6.07, 6.45) is 1.94. The molecule has 14 heteroatoms. The molecule has 1 heterocycles. The van der Waals surface area contributed by atoms with E-state index < -0.39 is 32.9 Å². The van der Waals surface area contributed by atoms with Crippen molar-refractivity contribution >= 4 is 56.3 Å². The first-order chi connectivity index (χ1) is 17.2. The first kappa shape index (κ1) is 28.4. The van der Waals surface area contributed by atoms with Crippen molar-refractivity contribution in [3.05, 3.63) is 64.8 Å². The average molecular weight is 575 g/mol. The number of amides is 3. The molecule has 0 fully saturated rings. The maximum Gasteiger partial charge on any atom is 0.516 e. The van der Waals surface area contributed by atoms with Crippen LogP contribution in [0.4, 0.5) is 29.3 Å². The van der Waals surface area contributed by atoms with Gasteiger partial charge in [0.2, 0.25) is 5.91 Å². The summed E-state index contributed by atoms with van der Waals surface area (Å²) >= 11 is 7.36. The molecule has 3 amide bonds. The van der Waals surface area contributed by atoms with E-state index >= 15 is 0 Å². The molecule has 37 heavy (non-hydrogen) atoms. The van der Waals surface area contributed by atoms with Crippen molar-refractivity contribution in [1.82, 2.24) is 9.71 Å². The Morgan fingerprint density at radius 1 is 1.03 bits per heavy atom. The summed E-state index contributed by atoms with van der Waals surface area (Å²) in [6.45, 7) is 2.72. The lowest BCUT2D eigenvalue weighted by Gasteiger charge is -2.23. The molecule has 3 aromatic rings. The van der Waals surface area contributed by atoms with Crippen LogP contribution in [0.15, 0.2) is 54.7 Å². The summed E-state index contributed by atoms with van der Waals surface area (Å²) < 4.78 is 61.2. The molecule has 3 rings (SSSR count). The van der Waals surface area contributed by atoms with Crippen LogP contribution in [0.25, 0.3) is 10.4 Å². The Balaban J connectivity index is 1.57. The quantitative estimate of drug-likeness (QED) is 0.303. The van der Waals surface area contributed by atoms with Crippen LogP contribution in [0.5, 0.6) is 0 Å². The molecule has 0 aliphatic carbocycles. The summed E-state index contributed by atoms with van der Waals surface area (Å²) in [5.41, 5.74) is -5.14. The minimum atomic E-state index is -5.77. The van der Waals surface area contributed by atoms with Crippen LogP contribution < -0.4 is 15.4 Å². The molecule has 0 saturated carbocycles. The lowest BCUT2D eigenvalue weighted by Crippen LogP contribution is -2.46. The number of carbonyl (C=O) groups is 2. The second kappa shape index (κ2) is 11.1.